The van der Waals surface area contributed by atoms with Gasteiger partial charge in [-0.3, -0.25) is 0 Å². The Morgan fingerprint density at radius 2 is 1.90 bits per heavy atom. The third-order valence-corrected chi connectivity index (χ3v) is 4.61. The van der Waals surface area contributed by atoms with Gasteiger partial charge in [-0.2, -0.15) is 0 Å². The summed E-state index contributed by atoms with van der Waals surface area (Å²) in [7, 11) is 0. The SMILES string of the molecule is OCc1cc(F)c(Sc2nnnn2C2CCCC2)c(F)c1. The molecule has 1 N–H and O–H groups in total. The average molecular weight is 312 g/mol. The molecule has 0 amide bonds. The van der Waals surface area contributed by atoms with Crippen molar-refractivity contribution in [2.24, 2.45) is 0 Å². The van der Waals surface area contributed by atoms with Gasteiger partial charge >= 0.3 is 0 Å². The first kappa shape index (κ1) is 14.4. The molecule has 1 aliphatic rings. The van der Waals surface area contributed by atoms with Crippen LogP contribution < -0.4 is 0 Å². The summed E-state index contributed by atoms with van der Waals surface area (Å²) in [5, 5.41) is 20.7. The maximum absolute atomic E-state index is 13.9. The highest BCUT2D eigenvalue weighted by Gasteiger charge is 2.23. The van der Waals surface area contributed by atoms with Gasteiger partial charge in [0.05, 0.1) is 17.5 Å². The van der Waals surface area contributed by atoms with E-state index in [1.54, 1.807) is 4.68 Å². The first-order valence-corrected chi connectivity index (χ1v) is 7.55. The number of aliphatic hydroxyl groups is 1. The number of nitrogens with zero attached hydrogens (tertiary/aromatic N) is 4. The normalized spacial score (nSPS) is 15.8. The first-order valence-electron chi connectivity index (χ1n) is 6.73. The second-order valence-corrected chi connectivity index (χ2v) is 5.97. The van der Waals surface area contributed by atoms with Crippen LogP contribution in [0.25, 0.3) is 0 Å². The Kier molecular flexibility index (Phi) is 4.16. The maximum Gasteiger partial charge on any atom is 0.214 e. The summed E-state index contributed by atoms with van der Waals surface area (Å²) in [6, 6.07) is 2.44. The third kappa shape index (κ3) is 2.91. The van der Waals surface area contributed by atoms with Gasteiger partial charge in [0.25, 0.3) is 0 Å². The highest BCUT2D eigenvalue weighted by molar-refractivity contribution is 7.99. The summed E-state index contributed by atoms with van der Waals surface area (Å²) in [6.07, 6.45) is 4.19. The number of hydrogen-bond donors (Lipinski definition) is 1. The van der Waals surface area contributed by atoms with Gasteiger partial charge in [0, 0.05) is 0 Å². The van der Waals surface area contributed by atoms with Crippen molar-refractivity contribution >= 4 is 11.8 Å². The smallest absolute Gasteiger partial charge is 0.214 e. The second-order valence-electron chi connectivity index (χ2n) is 4.99. The zero-order chi connectivity index (χ0) is 14.8. The molecule has 1 aliphatic carbocycles. The van der Waals surface area contributed by atoms with Gasteiger partial charge in [0.1, 0.15) is 11.6 Å². The monoisotopic (exact) mass is 312 g/mol. The van der Waals surface area contributed by atoms with Crippen LogP contribution in [0, 0.1) is 11.6 Å². The summed E-state index contributed by atoms with van der Waals surface area (Å²) >= 11 is 0.875. The van der Waals surface area contributed by atoms with E-state index in [0.717, 1.165) is 49.6 Å². The Labute approximate surface area is 124 Å². The molecule has 1 aromatic carbocycles. The van der Waals surface area contributed by atoms with Crippen LogP contribution in [0.4, 0.5) is 8.78 Å². The van der Waals surface area contributed by atoms with Gasteiger partial charge in [-0.05, 0) is 52.7 Å². The third-order valence-electron chi connectivity index (χ3n) is 3.57. The molecule has 112 valence electrons. The van der Waals surface area contributed by atoms with E-state index in [0.29, 0.717) is 5.16 Å². The lowest BCUT2D eigenvalue weighted by molar-refractivity contribution is 0.280. The van der Waals surface area contributed by atoms with Crippen molar-refractivity contribution < 1.29 is 13.9 Å². The molecule has 2 aromatic rings. The Morgan fingerprint density at radius 3 is 2.52 bits per heavy atom. The minimum Gasteiger partial charge on any atom is -0.392 e. The average Bonchev–Trinajstić information content (AvgIpc) is 3.12. The van der Waals surface area contributed by atoms with Crippen molar-refractivity contribution in [1.29, 1.82) is 0 Å². The van der Waals surface area contributed by atoms with Crippen molar-refractivity contribution in [3.63, 3.8) is 0 Å². The predicted molar refractivity (Wildman–Crippen MR) is 71.7 cm³/mol. The predicted octanol–water partition coefficient (Wildman–Crippen LogP) is 2.71. The summed E-state index contributed by atoms with van der Waals surface area (Å²) in [5.74, 6) is -1.44. The Bertz CT molecular complexity index is 620. The van der Waals surface area contributed by atoms with Gasteiger partial charge in [-0.25, -0.2) is 13.5 Å². The molecule has 3 rings (SSSR count). The molecular weight excluding hydrogens is 298 g/mol. The molecule has 0 aliphatic heterocycles. The molecule has 1 fully saturated rings. The minimum atomic E-state index is -0.718. The number of aromatic nitrogens is 4. The fourth-order valence-corrected chi connectivity index (χ4v) is 3.37. The van der Waals surface area contributed by atoms with Crippen molar-refractivity contribution in [1.82, 2.24) is 20.2 Å². The van der Waals surface area contributed by atoms with E-state index in [1.165, 1.54) is 0 Å². The topological polar surface area (TPSA) is 63.8 Å². The molecule has 0 bridgehead atoms. The van der Waals surface area contributed by atoms with E-state index < -0.39 is 18.2 Å². The molecule has 8 heteroatoms. The summed E-state index contributed by atoms with van der Waals surface area (Å²) < 4.78 is 29.5. The van der Waals surface area contributed by atoms with E-state index in [9.17, 15) is 8.78 Å². The van der Waals surface area contributed by atoms with Crippen LogP contribution in [0.1, 0.15) is 37.3 Å². The number of halogens is 2. The lowest BCUT2D eigenvalue weighted by atomic mass is 10.2. The largest absolute Gasteiger partial charge is 0.392 e. The molecule has 0 atom stereocenters. The van der Waals surface area contributed by atoms with E-state index in [-0.39, 0.29) is 16.5 Å². The highest BCUT2D eigenvalue weighted by atomic mass is 32.2. The molecule has 0 unspecified atom stereocenters. The van der Waals surface area contributed by atoms with Gasteiger partial charge in [-0.1, -0.05) is 12.8 Å². The van der Waals surface area contributed by atoms with Crippen LogP contribution in [0.15, 0.2) is 22.2 Å². The summed E-state index contributed by atoms with van der Waals surface area (Å²) in [6.45, 7) is -0.404. The van der Waals surface area contributed by atoms with E-state index in [1.807, 2.05) is 0 Å². The van der Waals surface area contributed by atoms with Gasteiger partial charge in [-0.15, -0.1) is 5.10 Å². The van der Waals surface area contributed by atoms with Gasteiger partial charge < -0.3 is 5.11 Å². The van der Waals surface area contributed by atoms with E-state index in [4.69, 9.17) is 5.11 Å². The van der Waals surface area contributed by atoms with Crippen LogP contribution in [-0.4, -0.2) is 25.3 Å². The fourth-order valence-electron chi connectivity index (χ4n) is 2.52. The van der Waals surface area contributed by atoms with Gasteiger partial charge in [0.15, 0.2) is 0 Å². The number of rotatable bonds is 4. The van der Waals surface area contributed by atoms with Crippen LogP contribution in [-0.2, 0) is 6.61 Å². The zero-order valence-electron chi connectivity index (χ0n) is 11.2. The zero-order valence-corrected chi connectivity index (χ0v) is 12.0. The van der Waals surface area contributed by atoms with E-state index >= 15 is 0 Å². The number of aliphatic hydroxyl groups excluding tert-OH is 1. The van der Waals surface area contributed by atoms with Gasteiger partial charge in [0.2, 0.25) is 5.16 Å². The molecule has 0 spiro atoms. The Balaban J connectivity index is 1.89. The molecule has 0 saturated heterocycles. The van der Waals surface area contributed by atoms with Crippen LogP contribution in [0.3, 0.4) is 0 Å². The van der Waals surface area contributed by atoms with Crippen molar-refractivity contribution in [3.8, 4) is 0 Å². The molecule has 21 heavy (non-hydrogen) atoms. The van der Waals surface area contributed by atoms with Crippen molar-refractivity contribution in [3.05, 3.63) is 29.3 Å². The first-order chi connectivity index (χ1) is 10.2. The molecule has 1 saturated carbocycles. The number of benzene rings is 1. The minimum absolute atomic E-state index is 0.152. The molecule has 5 nitrogen and oxygen atoms in total. The van der Waals surface area contributed by atoms with Crippen LogP contribution >= 0.6 is 11.8 Å². The number of tetrazole rings is 1. The van der Waals surface area contributed by atoms with Crippen molar-refractivity contribution in [2.45, 2.75) is 48.4 Å². The lowest BCUT2D eigenvalue weighted by Crippen LogP contribution is -2.08. The molecule has 0 radical (unpaired) electrons. The fraction of sp³-hybridized carbons (Fsp3) is 0.462. The van der Waals surface area contributed by atoms with Crippen LogP contribution in [0.2, 0.25) is 0 Å². The number of hydrogen-bond acceptors (Lipinski definition) is 5. The highest BCUT2D eigenvalue weighted by Crippen LogP contribution is 2.35. The Hall–Kier alpha value is -1.54. The Morgan fingerprint density at radius 1 is 1.24 bits per heavy atom. The molecule has 1 aromatic heterocycles. The summed E-state index contributed by atoms with van der Waals surface area (Å²) in [4.78, 5) is -0.152. The molecular formula is C13H14F2N4OS. The standard InChI is InChI=1S/C13H14F2N4OS/c14-10-5-8(7-20)6-11(15)12(10)21-13-16-17-18-19(13)9-3-1-2-4-9/h5-6,9,20H,1-4,7H2. The maximum atomic E-state index is 13.9. The van der Waals surface area contributed by atoms with Crippen LogP contribution in [0.5, 0.6) is 0 Å². The quantitative estimate of drug-likeness (QED) is 0.940. The summed E-state index contributed by atoms with van der Waals surface area (Å²) in [5.41, 5.74) is 0.199. The van der Waals surface area contributed by atoms with E-state index in [2.05, 4.69) is 15.5 Å². The molecule has 1 heterocycles. The second kappa shape index (κ2) is 6.07. The van der Waals surface area contributed by atoms with Crippen molar-refractivity contribution in [2.75, 3.05) is 0 Å². The lowest BCUT2D eigenvalue weighted by Gasteiger charge is -2.11.